The third kappa shape index (κ3) is 5.25. The number of fused-ring (bicyclic) bond motifs is 3. The van der Waals surface area contributed by atoms with Crippen LogP contribution in [-0.2, 0) is 26.1 Å². The van der Waals surface area contributed by atoms with Gasteiger partial charge in [0.15, 0.2) is 17.0 Å². The fourth-order valence-corrected chi connectivity index (χ4v) is 5.51. The Morgan fingerprint density at radius 1 is 1.00 bits per heavy atom. The molecule has 1 saturated heterocycles. The zero-order valence-electron chi connectivity index (χ0n) is 22.3. The summed E-state index contributed by atoms with van der Waals surface area (Å²) in [6.07, 6.45) is 8.43. The molecule has 2 aliphatic rings. The number of aromatic nitrogens is 4. The van der Waals surface area contributed by atoms with Crippen LogP contribution in [-0.4, -0.2) is 45.2 Å². The van der Waals surface area contributed by atoms with E-state index >= 15 is 0 Å². The maximum absolute atomic E-state index is 6.18. The second-order valence-corrected chi connectivity index (χ2v) is 10.2. The lowest BCUT2D eigenvalue weighted by atomic mass is 9.96. The average Bonchev–Trinajstić information content (AvgIpc) is 3.27. The molecule has 2 N–H and O–H groups in total. The Morgan fingerprint density at radius 3 is 2.67 bits per heavy atom. The van der Waals surface area contributed by atoms with Crippen LogP contribution in [0.4, 0.5) is 11.8 Å². The molecule has 0 radical (unpaired) electrons. The van der Waals surface area contributed by atoms with Crippen LogP contribution in [0.2, 0.25) is 0 Å². The van der Waals surface area contributed by atoms with Crippen LogP contribution < -0.4 is 20.3 Å². The summed E-state index contributed by atoms with van der Waals surface area (Å²) < 4.78 is 8.19. The monoisotopic (exact) mass is 521 g/mol. The van der Waals surface area contributed by atoms with Gasteiger partial charge in [0.1, 0.15) is 12.4 Å². The molecule has 2 aromatic carbocycles. The zero-order chi connectivity index (χ0) is 26.6. The molecule has 1 fully saturated rings. The summed E-state index contributed by atoms with van der Waals surface area (Å²) in [4.78, 5) is 16.6. The molecule has 2 aromatic heterocycles. The Morgan fingerprint density at radius 2 is 1.85 bits per heavy atom. The van der Waals surface area contributed by atoms with Crippen LogP contribution >= 0.6 is 0 Å². The topological polar surface area (TPSA) is 80.1 Å². The first-order valence-corrected chi connectivity index (χ1v) is 13.7. The molecule has 4 heterocycles. The Hall–Kier alpha value is -4.17. The molecule has 0 bridgehead atoms. The minimum Gasteiger partial charge on any atom is -0.489 e. The molecule has 0 aliphatic carbocycles. The predicted octanol–water partition coefficient (Wildman–Crippen LogP) is 4.85. The number of nitrogens with zero attached hydrogens (tertiary/aromatic N) is 5. The van der Waals surface area contributed by atoms with Gasteiger partial charge >= 0.3 is 0 Å². The molecule has 8 nitrogen and oxygen atoms in total. The van der Waals surface area contributed by atoms with Gasteiger partial charge in [0.25, 0.3) is 0 Å². The molecule has 0 saturated carbocycles. The molecule has 39 heavy (non-hydrogen) atoms. The number of piperidine rings is 1. The lowest BCUT2D eigenvalue weighted by molar-refractivity contribution is 0.306. The first-order chi connectivity index (χ1) is 19.2. The van der Waals surface area contributed by atoms with Crippen molar-refractivity contribution in [1.29, 1.82) is 0 Å². The van der Waals surface area contributed by atoms with Crippen molar-refractivity contribution in [2.75, 3.05) is 29.9 Å². The molecule has 6 rings (SSSR count). The number of rotatable bonds is 9. The summed E-state index contributed by atoms with van der Waals surface area (Å²) in [6.45, 7) is 12.2. The van der Waals surface area contributed by atoms with E-state index in [4.69, 9.17) is 14.7 Å². The Kier molecular flexibility index (Phi) is 7.27. The molecular weight excluding hydrogens is 486 g/mol. The highest BCUT2D eigenvalue weighted by molar-refractivity contribution is 5.84. The lowest BCUT2D eigenvalue weighted by Gasteiger charge is -2.33. The number of ether oxygens (including phenoxy) is 1. The van der Waals surface area contributed by atoms with E-state index in [9.17, 15) is 0 Å². The zero-order valence-corrected chi connectivity index (χ0v) is 22.3. The fraction of sp³-hybridized carbons (Fsp3) is 0.323. The molecule has 2 aliphatic heterocycles. The second-order valence-electron chi connectivity index (χ2n) is 10.2. The van der Waals surface area contributed by atoms with Crippen LogP contribution in [0.1, 0.15) is 35.1 Å². The number of nitrogens with one attached hydrogen (secondary N) is 2. The van der Waals surface area contributed by atoms with Crippen molar-refractivity contribution in [1.82, 2.24) is 24.8 Å². The van der Waals surface area contributed by atoms with E-state index in [-0.39, 0.29) is 0 Å². The fourth-order valence-electron chi connectivity index (χ4n) is 5.51. The maximum Gasteiger partial charge on any atom is 0.229 e. The van der Waals surface area contributed by atoms with E-state index in [0.717, 1.165) is 67.6 Å². The van der Waals surface area contributed by atoms with E-state index in [0.29, 0.717) is 25.7 Å². The van der Waals surface area contributed by atoms with Crippen LogP contribution in [0, 0.1) is 0 Å². The predicted molar refractivity (Wildman–Crippen MR) is 156 cm³/mol. The van der Waals surface area contributed by atoms with E-state index in [2.05, 4.69) is 76.1 Å². The lowest BCUT2D eigenvalue weighted by Crippen LogP contribution is -2.43. The van der Waals surface area contributed by atoms with Gasteiger partial charge in [-0.1, -0.05) is 48.6 Å². The van der Waals surface area contributed by atoms with Crippen molar-refractivity contribution < 1.29 is 4.74 Å². The number of allylic oxidation sites excluding steroid dienone is 1. The smallest absolute Gasteiger partial charge is 0.229 e. The van der Waals surface area contributed by atoms with Gasteiger partial charge in [-0.25, -0.2) is 4.98 Å². The van der Waals surface area contributed by atoms with E-state index in [1.54, 1.807) is 6.33 Å². The number of benzene rings is 2. The summed E-state index contributed by atoms with van der Waals surface area (Å²) in [6, 6.07) is 15.5. The van der Waals surface area contributed by atoms with Gasteiger partial charge in [-0.05, 0) is 35.6 Å². The highest BCUT2D eigenvalue weighted by Crippen LogP contribution is 2.31. The van der Waals surface area contributed by atoms with E-state index in [1.165, 1.54) is 22.3 Å². The second kappa shape index (κ2) is 11.3. The number of hydrogen-bond donors (Lipinski definition) is 2. The standard InChI is InChI=1S/C31H35N7O/c1-3-14-32-29-28-30(38(15-4-2)21-34-28)36-31(35-29)37-16-12-25(13-17-37)33-19-23-10-7-11-27-26(23)18-22-8-5-6-9-24(22)20-39-27/h3-11,21,25,33H,1-2,12-20H2,(H,32,35,36). The van der Waals surface area contributed by atoms with Crippen molar-refractivity contribution in [2.45, 2.75) is 45.0 Å². The number of imidazole rings is 1. The van der Waals surface area contributed by atoms with Gasteiger partial charge in [-0.2, -0.15) is 9.97 Å². The first-order valence-electron chi connectivity index (χ1n) is 13.7. The van der Waals surface area contributed by atoms with Crippen LogP contribution in [0.5, 0.6) is 5.75 Å². The van der Waals surface area contributed by atoms with Gasteiger partial charge in [-0.3, -0.25) is 0 Å². The van der Waals surface area contributed by atoms with Crippen molar-refractivity contribution >= 4 is 22.9 Å². The van der Waals surface area contributed by atoms with Crippen molar-refractivity contribution in [3.05, 3.63) is 96.4 Å². The Balaban J connectivity index is 1.13. The summed E-state index contributed by atoms with van der Waals surface area (Å²) in [5.74, 6) is 2.48. The van der Waals surface area contributed by atoms with E-state index in [1.807, 2.05) is 16.7 Å². The Labute approximate surface area is 229 Å². The minimum absolute atomic E-state index is 0.435. The minimum atomic E-state index is 0.435. The van der Waals surface area contributed by atoms with Gasteiger partial charge in [0.2, 0.25) is 5.95 Å². The normalized spacial score (nSPS) is 15.2. The molecule has 4 aromatic rings. The molecule has 8 heteroatoms. The quantitative estimate of drug-likeness (QED) is 0.305. The van der Waals surface area contributed by atoms with Gasteiger partial charge in [0.05, 0.1) is 6.33 Å². The van der Waals surface area contributed by atoms with Crippen molar-refractivity contribution in [2.24, 2.45) is 0 Å². The highest BCUT2D eigenvalue weighted by atomic mass is 16.5. The van der Waals surface area contributed by atoms with Gasteiger partial charge in [0, 0.05) is 50.7 Å². The number of anilines is 2. The van der Waals surface area contributed by atoms with Crippen LogP contribution in [0.15, 0.2) is 74.1 Å². The largest absolute Gasteiger partial charge is 0.489 e. The summed E-state index contributed by atoms with van der Waals surface area (Å²) in [5, 5.41) is 7.16. The molecule has 0 amide bonds. The Bertz CT molecular complexity index is 1490. The third-order valence-corrected chi connectivity index (χ3v) is 7.65. The summed E-state index contributed by atoms with van der Waals surface area (Å²) >= 11 is 0. The summed E-state index contributed by atoms with van der Waals surface area (Å²) in [7, 11) is 0. The van der Waals surface area contributed by atoms with Crippen molar-refractivity contribution in [3.63, 3.8) is 0 Å². The highest BCUT2D eigenvalue weighted by Gasteiger charge is 2.24. The van der Waals surface area contributed by atoms with Gasteiger partial charge in [-0.15, -0.1) is 13.2 Å². The molecule has 0 unspecified atom stereocenters. The third-order valence-electron chi connectivity index (χ3n) is 7.65. The molecule has 200 valence electrons. The van der Waals surface area contributed by atoms with Crippen molar-refractivity contribution in [3.8, 4) is 5.75 Å². The SMILES string of the molecule is C=CCNc1nc(N2CCC(NCc3cccc4c3Cc3ccccc3CO4)CC2)nc2c1ncn2CC=C. The van der Waals surface area contributed by atoms with Gasteiger partial charge < -0.3 is 24.8 Å². The average molecular weight is 522 g/mol. The molecular formula is C31H35N7O. The summed E-state index contributed by atoms with van der Waals surface area (Å²) in [5.41, 5.74) is 6.83. The molecule has 0 atom stereocenters. The van der Waals surface area contributed by atoms with E-state index < -0.39 is 0 Å². The number of hydrogen-bond acceptors (Lipinski definition) is 7. The molecule has 0 spiro atoms. The maximum atomic E-state index is 6.18. The first kappa shape index (κ1) is 25.1. The van der Waals surface area contributed by atoms with Crippen LogP contribution in [0.25, 0.3) is 11.2 Å². The van der Waals surface area contributed by atoms with Crippen LogP contribution in [0.3, 0.4) is 0 Å².